The van der Waals surface area contributed by atoms with Crippen LogP contribution in [0.5, 0.6) is 0 Å². The van der Waals surface area contributed by atoms with Crippen LogP contribution in [0.15, 0.2) is 29.4 Å². The number of aliphatic hydroxyl groups is 1. The molecule has 5 heteroatoms. The van der Waals surface area contributed by atoms with Crippen molar-refractivity contribution in [2.45, 2.75) is 18.9 Å². The van der Waals surface area contributed by atoms with E-state index in [1.807, 2.05) is 6.92 Å². The lowest BCUT2D eigenvalue weighted by Gasteiger charge is -2.17. The molecule has 0 radical (unpaired) electrons. The lowest BCUT2D eigenvalue weighted by molar-refractivity contribution is 0.252. The van der Waals surface area contributed by atoms with Gasteiger partial charge in [-0.15, -0.1) is 0 Å². The molecule has 1 aromatic carbocycles. The standard InChI is InChI=1S/C10H12FN3O/c1-7(10(6-15)13-14-12)8-2-4-9(11)5-3-8/h2-5,7,10,15H,6H2,1H3. The number of rotatable bonds is 4. The van der Waals surface area contributed by atoms with Gasteiger partial charge >= 0.3 is 0 Å². The molecule has 1 rings (SSSR count). The Bertz CT molecular complexity index is 359. The Morgan fingerprint density at radius 2 is 2.07 bits per heavy atom. The highest BCUT2D eigenvalue weighted by molar-refractivity contribution is 5.21. The summed E-state index contributed by atoms with van der Waals surface area (Å²) in [5.41, 5.74) is 9.13. The molecule has 15 heavy (non-hydrogen) atoms. The molecule has 0 spiro atoms. The minimum Gasteiger partial charge on any atom is -0.396 e. The summed E-state index contributed by atoms with van der Waals surface area (Å²) in [6.45, 7) is 1.60. The predicted molar refractivity (Wildman–Crippen MR) is 54.8 cm³/mol. The second kappa shape index (κ2) is 5.34. The van der Waals surface area contributed by atoms with Gasteiger partial charge in [0.2, 0.25) is 0 Å². The van der Waals surface area contributed by atoms with Crippen molar-refractivity contribution in [2.75, 3.05) is 6.61 Å². The number of aliphatic hydroxyl groups excluding tert-OH is 1. The van der Waals surface area contributed by atoms with E-state index < -0.39 is 6.04 Å². The molecule has 0 aliphatic carbocycles. The van der Waals surface area contributed by atoms with Gasteiger partial charge in [-0.05, 0) is 29.1 Å². The van der Waals surface area contributed by atoms with E-state index in [1.165, 1.54) is 12.1 Å². The Balaban J connectivity index is 2.86. The molecule has 0 heterocycles. The van der Waals surface area contributed by atoms with Gasteiger partial charge in [0.15, 0.2) is 0 Å². The normalized spacial score (nSPS) is 14.1. The molecular weight excluding hydrogens is 197 g/mol. The monoisotopic (exact) mass is 209 g/mol. The molecule has 0 bridgehead atoms. The molecule has 0 amide bonds. The van der Waals surface area contributed by atoms with Crippen molar-refractivity contribution < 1.29 is 9.50 Å². The first-order chi connectivity index (χ1) is 7.19. The summed E-state index contributed by atoms with van der Waals surface area (Å²) in [7, 11) is 0. The molecule has 0 aliphatic rings. The van der Waals surface area contributed by atoms with Crippen LogP contribution in [-0.4, -0.2) is 17.8 Å². The minimum atomic E-state index is -0.513. The molecule has 4 nitrogen and oxygen atoms in total. The maximum atomic E-state index is 12.6. The second-order valence-electron chi connectivity index (χ2n) is 3.30. The first-order valence-electron chi connectivity index (χ1n) is 4.59. The highest BCUT2D eigenvalue weighted by Crippen LogP contribution is 2.21. The molecular formula is C10H12FN3O. The first-order valence-corrected chi connectivity index (χ1v) is 4.59. The van der Waals surface area contributed by atoms with Crippen LogP contribution < -0.4 is 0 Å². The summed E-state index contributed by atoms with van der Waals surface area (Å²) >= 11 is 0. The Morgan fingerprint density at radius 3 is 2.53 bits per heavy atom. The van der Waals surface area contributed by atoms with E-state index in [1.54, 1.807) is 12.1 Å². The van der Waals surface area contributed by atoms with E-state index in [4.69, 9.17) is 10.6 Å². The van der Waals surface area contributed by atoms with Crippen LogP contribution in [0.2, 0.25) is 0 Å². The zero-order valence-corrected chi connectivity index (χ0v) is 8.34. The molecule has 0 saturated carbocycles. The molecule has 1 aromatic rings. The zero-order valence-electron chi connectivity index (χ0n) is 8.34. The molecule has 1 N–H and O–H groups in total. The van der Waals surface area contributed by atoms with Gasteiger partial charge in [-0.3, -0.25) is 0 Å². The molecule has 0 aromatic heterocycles. The number of halogens is 1. The molecule has 0 saturated heterocycles. The van der Waals surface area contributed by atoms with Gasteiger partial charge in [0.25, 0.3) is 0 Å². The number of hydrogen-bond acceptors (Lipinski definition) is 2. The maximum Gasteiger partial charge on any atom is 0.123 e. The van der Waals surface area contributed by atoms with Crippen LogP contribution >= 0.6 is 0 Å². The summed E-state index contributed by atoms with van der Waals surface area (Å²) in [5, 5.41) is 12.5. The van der Waals surface area contributed by atoms with Gasteiger partial charge in [0.05, 0.1) is 12.6 Å². The van der Waals surface area contributed by atoms with Crippen LogP contribution in [-0.2, 0) is 0 Å². The third-order valence-electron chi connectivity index (χ3n) is 2.36. The summed E-state index contributed by atoms with van der Waals surface area (Å²) in [4.78, 5) is 2.66. The van der Waals surface area contributed by atoms with E-state index in [0.717, 1.165) is 5.56 Å². The fourth-order valence-corrected chi connectivity index (χ4v) is 1.35. The quantitative estimate of drug-likeness (QED) is 0.462. The number of nitrogens with zero attached hydrogens (tertiary/aromatic N) is 3. The zero-order chi connectivity index (χ0) is 11.3. The van der Waals surface area contributed by atoms with Crippen molar-refractivity contribution in [1.29, 1.82) is 0 Å². The summed E-state index contributed by atoms with van der Waals surface area (Å²) in [6.07, 6.45) is 0. The smallest absolute Gasteiger partial charge is 0.123 e. The third kappa shape index (κ3) is 2.94. The number of azide groups is 1. The van der Waals surface area contributed by atoms with Crippen molar-refractivity contribution in [3.63, 3.8) is 0 Å². The second-order valence-corrected chi connectivity index (χ2v) is 3.30. The van der Waals surface area contributed by atoms with Gasteiger partial charge < -0.3 is 5.11 Å². The van der Waals surface area contributed by atoms with E-state index in [2.05, 4.69) is 10.0 Å². The average Bonchev–Trinajstić information content (AvgIpc) is 2.26. The van der Waals surface area contributed by atoms with Crippen molar-refractivity contribution in [1.82, 2.24) is 0 Å². The van der Waals surface area contributed by atoms with Crippen LogP contribution in [0, 0.1) is 5.82 Å². The van der Waals surface area contributed by atoms with E-state index in [0.29, 0.717) is 0 Å². The van der Waals surface area contributed by atoms with Crippen LogP contribution in [0.25, 0.3) is 10.4 Å². The maximum absolute atomic E-state index is 12.6. The van der Waals surface area contributed by atoms with Gasteiger partial charge in [-0.25, -0.2) is 4.39 Å². The SMILES string of the molecule is CC(c1ccc(F)cc1)C(CO)N=[N+]=[N-]. The van der Waals surface area contributed by atoms with Crippen LogP contribution in [0.3, 0.4) is 0 Å². The van der Waals surface area contributed by atoms with Crippen molar-refractivity contribution in [3.05, 3.63) is 46.1 Å². The molecule has 80 valence electrons. The fourth-order valence-electron chi connectivity index (χ4n) is 1.35. The Morgan fingerprint density at radius 1 is 1.47 bits per heavy atom. The van der Waals surface area contributed by atoms with Gasteiger partial charge in [-0.2, -0.15) is 0 Å². The van der Waals surface area contributed by atoms with Crippen molar-refractivity contribution in [2.24, 2.45) is 5.11 Å². The third-order valence-corrected chi connectivity index (χ3v) is 2.36. The lowest BCUT2D eigenvalue weighted by atomic mass is 9.94. The van der Waals surface area contributed by atoms with E-state index >= 15 is 0 Å². The van der Waals surface area contributed by atoms with Gasteiger partial charge in [-0.1, -0.05) is 24.2 Å². The van der Waals surface area contributed by atoms with E-state index in [-0.39, 0.29) is 18.3 Å². The fraction of sp³-hybridized carbons (Fsp3) is 0.400. The summed E-state index contributed by atoms with van der Waals surface area (Å²) in [6, 6.07) is 5.41. The number of hydrogen-bond donors (Lipinski definition) is 1. The summed E-state index contributed by atoms with van der Waals surface area (Å²) < 4.78 is 12.6. The van der Waals surface area contributed by atoms with Crippen LogP contribution in [0.1, 0.15) is 18.4 Å². The minimum absolute atomic E-state index is 0.133. The molecule has 2 atom stereocenters. The Labute approximate surface area is 87.0 Å². The summed E-state index contributed by atoms with van der Waals surface area (Å²) in [5.74, 6) is -0.443. The van der Waals surface area contributed by atoms with Crippen LogP contribution in [0.4, 0.5) is 4.39 Å². The highest BCUT2D eigenvalue weighted by atomic mass is 19.1. The largest absolute Gasteiger partial charge is 0.396 e. The van der Waals surface area contributed by atoms with Crippen molar-refractivity contribution in [3.8, 4) is 0 Å². The molecule has 0 fully saturated rings. The number of benzene rings is 1. The molecule has 0 aliphatic heterocycles. The Hall–Kier alpha value is -1.58. The first kappa shape index (κ1) is 11.5. The molecule has 2 unspecified atom stereocenters. The van der Waals surface area contributed by atoms with Gasteiger partial charge in [0, 0.05) is 4.91 Å². The van der Waals surface area contributed by atoms with E-state index in [9.17, 15) is 4.39 Å². The van der Waals surface area contributed by atoms with Gasteiger partial charge in [0.1, 0.15) is 5.82 Å². The lowest BCUT2D eigenvalue weighted by Crippen LogP contribution is -2.17. The Kier molecular flexibility index (Phi) is 4.09. The van der Waals surface area contributed by atoms with Crippen molar-refractivity contribution >= 4 is 0 Å². The highest BCUT2D eigenvalue weighted by Gasteiger charge is 2.16. The predicted octanol–water partition coefficient (Wildman–Crippen LogP) is 2.60. The topological polar surface area (TPSA) is 69.0 Å². The average molecular weight is 209 g/mol.